The number of oxazole rings is 2. The normalized spacial score (nSPS) is 8.44. The van der Waals surface area contributed by atoms with Gasteiger partial charge >= 0.3 is 0 Å². The number of rotatable bonds is 2. The maximum Gasteiger partial charge on any atom is 0.192 e. The Balaban J connectivity index is -0.000000174. The van der Waals surface area contributed by atoms with Crippen molar-refractivity contribution in [1.82, 2.24) is 83.9 Å². The Labute approximate surface area is 773 Å². The van der Waals surface area contributed by atoms with Crippen LogP contribution in [0.5, 0.6) is 0 Å². The molecule has 8 aromatic heterocycles. The quantitative estimate of drug-likeness (QED) is 0.146. The Hall–Kier alpha value is -12.0. The molecule has 0 saturated carbocycles. The van der Waals surface area contributed by atoms with Crippen LogP contribution in [0.2, 0.25) is 0 Å². The van der Waals surface area contributed by atoms with Gasteiger partial charge in [-0.05, 0) is 144 Å². The molecular formula is C106H169N17O3S. The van der Waals surface area contributed by atoms with Crippen LogP contribution in [0.1, 0.15) is 292 Å². The summed E-state index contributed by atoms with van der Waals surface area (Å²) < 4.78 is 23.8. The Bertz CT molecular complexity index is 4950. The Morgan fingerprint density at radius 2 is 0.496 bits per heavy atom. The molecule has 0 fully saturated rings. The van der Waals surface area contributed by atoms with Crippen molar-refractivity contribution in [2.45, 2.75) is 299 Å². The highest BCUT2D eigenvalue weighted by molar-refractivity contribution is 7.00. The lowest BCUT2D eigenvalue weighted by Gasteiger charge is -2.01. The Kier molecular flexibility index (Phi) is 93.1. The van der Waals surface area contributed by atoms with E-state index < -0.39 is 0 Å². The number of benzene rings is 10. The summed E-state index contributed by atoms with van der Waals surface area (Å²) in [6.07, 6.45) is 4.31. The molecule has 18 rings (SSSR count). The SMILES string of the molecule is C.C.C.CC.CC.CC.CC.CC.CC.CC.CC.CC.CC.CC.CC.CC.CC.CC.CC.CC.Cc1ccc(C)c2nonc12.Cc1ccc(C)c2nsnc12.Cc1nc2cc3oc(C)nc3cc2o1.c1ccc(-n2nc3ccccc3n2)cc1.c1ccc2cc(-n3nc4ccccc4n3)ccc2c1.c1ccc2nc3ccccc3nc2c1.c1ncncn1. The van der Waals surface area contributed by atoms with E-state index in [9.17, 15) is 0 Å². The highest BCUT2D eigenvalue weighted by atomic mass is 32.1. The van der Waals surface area contributed by atoms with E-state index in [2.05, 4.69) is 129 Å². The minimum absolute atomic E-state index is 0. The minimum Gasteiger partial charge on any atom is -0.441 e. The van der Waals surface area contributed by atoms with Crippen molar-refractivity contribution < 1.29 is 13.5 Å². The summed E-state index contributed by atoms with van der Waals surface area (Å²) in [5, 5.41) is 27.8. The van der Waals surface area contributed by atoms with Crippen molar-refractivity contribution in [3.63, 3.8) is 0 Å². The molecule has 8 heterocycles. The summed E-state index contributed by atoms with van der Waals surface area (Å²) in [5.41, 5.74) is 21.0. The van der Waals surface area contributed by atoms with Crippen LogP contribution >= 0.6 is 11.7 Å². The number of fused-ring (bicyclic) bond motifs is 9. The lowest BCUT2D eigenvalue weighted by Crippen LogP contribution is -1.97. The first-order chi connectivity index (χ1) is 61.1. The van der Waals surface area contributed by atoms with Crippen LogP contribution in [0.25, 0.3) is 111 Å². The van der Waals surface area contributed by atoms with Crippen LogP contribution in [-0.2, 0) is 0 Å². The molecule has 0 radical (unpaired) electrons. The largest absolute Gasteiger partial charge is 0.441 e. The summed E-state index contributed by atoms with van der Waals surface area (Å²) in [6.45, 7) is 79.7. The number of para-hydroxylation sites is 5. The third-order valence-corrected chi connectivity index (χ3v) is 14.4. The van der Waals surface area contributed by atoms with E-state index in [0.717, 1.165) is 111 Å². The summed E-state index contributed by atoms with van der Waals surface area (Å²) in [7, 11) is 0. The van der Waals surface area contributed by atoms with Crippen LogP contribution in [0.3, 0.4) is 0 Å². The third kappa shape index (κ3) is 46.2. The van der Waals surface area contributed by atoms with E-state index >= 15 is 0 Å². The molecule has 10 aromatic carbocycles. The fourth-order valence-corrected chi connectivity index (χ4v) is 10.1. The number of nitrogens with zero attached hydrogens (tertiary/aromatic N) is 17. The fourth-order valence-electron chi connectivity index (χ4n) is 9.39. The highest BCUT2D eigenvalue weighted by Gasteiger charge is 2.10. The number of aromatic nitrogens is 17. The van der Waals surface area contributed by atoms with E-state index in [1.165, 1.54) is 52.6 Å². The van der Waals surface area contributed by atoms with E-state index in [-0.39, 0.29) is 22.3 Å². The summed E-state index contributed by atoms with van der Waals surface area (Å²) >= 11 is 1.28. The van der Waals surface area contributed by atoms with Crippen LogP contribution in [0.4, 0.5) is 0 Å². The number of hydrogen-bond donors (Lipinski definition) is 0. The molecule has 20 nitrogen and oxygen atoms in total. The van der Waals surface area contributed by atoms with Crippen molar-refractivity contribution >= 4 is 111 Å². The van der Waals surface area contributed by atoms with Gasteiger partial charge in [-0.2, -0.15) is 18.3 Å². The Morgan fingerprint density at radius 1 is 0.236 bits per heavy atom. The molecule has 21 heteroatoms. The molecule has 127 heavy (non-hydrogen) atoms. The maximum absolute atomic E-state index is 5.39. The molecule has 0 atom stereocenters. The second kappa shape index (κ2) is 88.9. The zero-order valence-corrected chi connectivity index (χ0v) is 84.4. The van der Waals surface area contributed by atoms with Gasteiger partial charge in [-0.1, -0.05) is 379 Å². The van der Waals surface area contributed by atoms with Gasteiger partial charge in [0.25, 0.3) is 0 Å². The smallest absolute Gasteiger partial charge is 0.192 e. The van der Waals surface area contributed by atoms with Gasteiger partial charge in [-0.15, -0.1) is 20.4 Å². The zero-order chi connectivity index (χ0) is 95.8. The minimum atomic E-state index is 0. The van der Waals surface area contributed by atoms with Gasteiger partial charge in [0, 0.05) is 26.0 Å². The monoisotopic (exact) mass is 1760 g/mol. The maximum atomic E-state index is 5.39. The molecule has 18 aromatic rings. The van der Waals surface area contributed by atoms with Gasteiger partial charge in [0.1, 0.15) is 74.1 Å². The first-order valence-corrected chi connectivity index (χ1v) is 46.2. The van der Waals surface area contributed by atoms with E-state index in [1.54, 1.807) is 9.59 Å². The molecule has 0 aliphatic rings. The van der Waals surface area contributed by atoms with E-state index in [1.807, 2.05) is 433 Å². The van der Waals surface area contributed by atoms with E-state index in [4.69, 9.17) is 8.83 Å². The average molecular weight is 1760 g/mol. The molecule has 0 amide bonds. The molecule has 0 saturated heterocycles. The van der Waals surface area contributed by atoms with Crippen LogP contribution < -0.4 is 0 Å². The molecule has 702 valence electrons. The third-order valence-electron chi connectivity index (χ3n) is 13.9. The van der Waals surface area contributed by atoms with Gasteiger partial charge < -0.3 is 8.83 Å². The highest BCUT2D eigenvalue weighted by Crippen LogP contribution is 2.25. The first-order valence-electron chi connectivity index (χ1n) is 45.4. The van der Waals surface area contributed by atoms with Crippen LogP contribution in [0, 0.1) is 41.5 Å². The van der Waals surface area contributed by atoms with Gasteiger partial charge in [0.05, 0.1) is 45.2 Å². The van der Waals surface area contributed by atoms with Crippen molar-refractivity contribution in [3.05, 3.63) is 259 Å². The lowest BCUT2D eigenvalue weighted by molar-refractivity contribution is 0.315. The number of hydrogen-bond acceptors (Lipinski definition) is 19. The standard InChI is InChI=1S/C16H11N3.C12H9N3.C12H8N2.C10H8N2O2.C8H8N2O.C8H8N2S.C3H3N3.17C2H6.3CH4/c1-2-6-13-11-14(10-9-12(13)5-1)19-17-15-7-3-4-8-16(15)18-19;1-2-6-10(7-3-1)15-13-11-8-4-5-9-12(11)14-15;1-2-6-10-9(5-1)13-11-7-3-4-8-12(11)14-10;1-5-11-7-3-10-8(4-9(7)13-5)12-6(2)14-10;2*1-5-3-4-6(2)8-7(5)9-11-10-8;1-4-2-6-3-5-1;17*1-2;;;/h1-11H;1-9H;1-8H;3-4H,1-2H3;2*3-4H,1-2H3;1-3H;17*1-2H3;3*1H4. The predicted octanol–water partition coefficient (Wildman–Crippen LogP) is 34.7. The van der Waals surface area contributed by atoms with Gasteiger partial charge in [0.15, 0.2) is 22.9 Å². The van der Waals surface area contributed by atoms with Crippen molar-refractivity contribution in [3.8, 4) is 11.4 Å². The van der Waals surface area contributed by atoms with Crippen LogP contribution in [-0.4, -0.2) is 83.9 Å². The number of aryl methyl sites for hydroxylation is 6. The lowest BCUT2D eigenvalue weighted by atomic mass is 10.1. The van der Waals surface area contributed by atoms with Crippen molar-refractivity contribution in [2.24, 2.45) is 0 Å². The summed E-state index contributed by atoms with van der Waals surface area (Å²) in [6, 6.07) is 67.9. The fraction of sp³-hybridized carbons (Fsp3) is 0.406. The van der Waals surface area contributed by atoms with Gasteiger partial charge in [-0.25, -0.2) is 39.5 Å². The average Bonchev–Trinajstić information content (AvgIpc) is 1.52. The zero-order valence-electron chi connectivity index (χ0n) is 83.6. The molecule has 0 N–H and O–H groups in total. The predicted molar refractivity (Wildman–Crippen MR) is 564 cm³/mol. The Morgan fingerprint density at radius 3 is 0.795 bits per heavy atom. The van der Waals surface area contributed by atoms with Gasteiger partial charge in [0.2, 0.25) is 0 Å². The molecule has 0 unspecified atom stereocenters. The first kappa shape index (κ1) is 133. The van der Waals surface area contributed by atoms with E-state index in [0.29, 0.717) is 11.8 Å². The van der Waals surface area contributed by atoms with Crippen molar-refractivity contribution in [2.75, 3.05) is 0 Å². The molecule has 0 aliphatic heterocycles. The summed E-state index contributed by atoms with van der Waals surface area (Å²) in [4.78, 5) is 31.5. The second-order valence-electron chi connectivity index (χ2n) is 20.4. The molecule has 0 spiro atoms. The summed E-state index contributed by atoms with van der Waals surface area (Å²) in [5.74, 6) is 1.31. The topological polar surface area (TPSA) is 243 Å². The molecule has 0 bridgehead atoms. The van der Waals surface area contributed by atoms with Crippen molar-refractivity contribution in [1.29, 1.82) is 0 Å². The molecular weight excluding hydrogens is 1590 g/mol. The molecule has 0 aliphatic carbocycles. The second-order valence-corrected chi connectivity index (χ2v) is 20.9. The van der Waals surface area contributed by atoms with Gasteiger partial charge in [-0.3, -0.25) is 0 Å². The van der Waals surface area contributed by atoms with Crippen LogP contribution in [0.15, 0.2) is 239 Å².